The zero-order chi connectivity index (χ0) is 15.8. The van der Waals surface area contributed by atoms with E-state index in [0.717, 1.165) is 39.6 Å². The van der Waals surface area contributed by atoms with E-state index in [4.69, 9.17) is 0 Å². The molecule has 0 bridgehead atoms. The number of nitrogens with one attached hydrogen (secondary N) is 1. The van der Waals surface area contributed by atoms with Gasteiger partial charge in [-0.25, -0.2) is 9.37 Å². The zero-order valence-corrected chi connectivity index (χ0v) is 13.2. The van der Waals surface area contributed by atoms with Crippen molar-refractivity contribution in [2.75, 3.05) is 0 Å². The van der Waals surface area contributed by atoms with Crippen LogP contribution >= 0.6 is 11.3 Å². The van der Waals surface area contributed by atoms with E-state index in [2.05, 4.69) is 10.3 Å². The number of thiazole rings is 1. The Kier molecular flexibility index (Phi) is 3.58. The Balaban J connectivity index is 1.59. The van der Waals surface area contributed by atoms with Crippen molar-refractivity contribution in [1.82, 2.24) is 10.3 Å². The summed E-state index contributed by atoms with van der Waals surface area (Å²) in [6, 6.07) is 6.51. The summed E-state index contributed by atoms with van der Waals surface area (Å²) in [6.07, 6.45) is 8.12. The number of carbonyl (C=O) groups is 1. The first kappa shape index (κ1) is 14.3. The van der Waals surface area contributed by atoms with E-state index in [1.165, 1.54) is 12.1 Å². The van der Waals surface area contributed by atoms with Gasteiger partial charge < -0.3 is 5.32 Å². The number of dihydropyridines is 1. The molecular weight excluding hydrogens is 311 g/mol. The van der Waals surface area contributed by atoms with Gasteiger partial charge in [0, 0.05) is 23.9 Å². The van der Waals surface area contributed by atoms with Crippen LogP contribution in [-0.2, 0) is 4.79 Å². The minimum Gasteiger partial charge on any atom is -0.375 e. The zero-order valence-electron chi connectivity index (χ0n) is 12.4. The molecule has 2 aromatic rings. The highest BCUT2D eigenvalue weighted by atomic mass is 32.1. The third kappa shape index (κ3) is 2.72. The van der Waals surface area contributed by atoms with Gasteiger partial charge in [-0.05, 0) is 30.5 Å². The molecule has 0 fully saturated rings. The summed E-state index contributed by atoms with van der Waals surface area (Å²) in [5.74, 6) is -0.0308. The Labute approximate surface area is 137 Å². The number of hydrogen-bond donors (Lipinski definition) is 1. The molecule has 0 saturated carbocycles. The Morgan fingerprint density at radius 3 is 3.09 bits per heavy atom. The molecule has 1 aliphatic carbocycles. The van der Waals surface area contributed by atoms with E-state index in [0.29, 0.717) is 6.42 Å². The maximum Gasteiger partial charge on any atom is 0.164 e. The van der Waals surface area contributed by atoms with Gasteiger partial charge in [0.1, 0.15) is 10.8 Å². The topological polar surface area (TPSA) is 42.0 Å². The van der Waals surface area contributed by atoms with Gasteiger partial charge in [-0.2, -0.15) is 0 Å². The van der Waals surface area contributed by atoms with Crippen molar-refractivity contribution in [3.63, 3.8) is 0 Å². The Bertz CT molecular complexity index is 837. The van der Waals surface area contributed by atoms with Crippen LogP contribution in [0.3, 0.4) is 0 Å². The second-order valence-corrected chi connectivity index (χ2v) is 6.79. The fourth-order valence-electron chi connectivity index (χ4n) is 2.99. The lowest BCUT2D eigenvalue weighted by molar-refractivity contribution is -0.115. The van der Waals surface area contributed by atoms with Gasteiger partial charge in [-0.15, -0.1) is 11.3 Å². The van der Waals surface area contributed by atoms with E-state index in [1.54, 1.807) is 23.6 Å². The molecule has 0 amide bonds. The van der Waals surface area contributed by atoms with E-state index in [9.17, 15) is 9.18 Å². The summed E-state index contributed by atoms with van der Waals surface area (Å²) in [5, 5.41) is 4.35. The molecule has 3 nitrogen and oxygen atoms in total. The molecule has 0 radical (unpaired) electrons. The second-order valence-electron chi connectivity index (χ2n) is 5.72. The molecule has 0 saturated heterocycles. The third-order valence-corrected chi connectivity index (χ3v) is 5.27. The molecule has 116 valence electrons. The number of aromatic nitrogens is 1. The molecule has 4 rings (SSSR count). The fraction of sp³-hybridized carbons (Fsp3) is 0.222. The number of rotatable bonds is 2. The molecule has 23 heavy (non-hydrogen) atoms. The summed E-state index contributed by atoms with van der Waals surface area (Å²) < 4.78 is 13.4. The summed E-state index contributed by atoms with van der Waals surface area (Å²) >= 11 is 1.54. The van der Waals surface area contributed by atoms with Crippen molar-refractivity contribution in [3.8, 4) is 10.4 Å². The highest BCUT2D eigenvalue weighted by Gasteiger charge is 2.25. The molecule has 5 heteroatoms. The van der Waals surface area contributed by atoms with Gasteiger partial charge in [0.15, 0.2) is 5.78 Å². The van der Waals surface area contributed by atoms with Crippen LogP contribution in [0, 0.1) is 5.82 Å². The molecule has 1 aromatic carbocycles. The summed E-state index contributed by atoms with van der Waals surface area (Å²) in [5.41, 5.74) is 2.67. The SMILES string of the molecule is O=C1CCCC2=C1C=CC(c1ncc(-c3cccc(F)c3)s1)N2. The number of Topliss-reactive ketones (excluding diaryl/α,β-unsaturated/α-hetero) is 1. The second kappa shape index (κ2) is 5.74. The van der Waals surface area contributed by atoms with Gasteiger partial charge in [-0.1, -0.05) is 24.3 Å². The number of allylic oxidation sites excluding steroid dienone is 3. The first-order valence-corrected chi connectivity index (χ1v) is 8.45. The van der Waals surface area contributed by atoms with Gasteiger partial charge in [-0.3, -0.25) is 4.79 Å². The highest BCUT2D eigenvalue weighted by molar-refractivity contribution is 7.15. The molecule has 0 spiro atoms. The first-order chi connectivity index (χ1) is 11.2. The maximum atomic E-state index is 13.4. The van der Waals surface area contributed by atoms with E-state index in [-0.39, 0.29) is 17.6 Å². The predicted octanol–water partition coefficient (Wildman–Crippen LogP) is 4.16. The van der Waals surface area contributed by atoms with Crippen molar-refractivity contribution in [2.24, 2.45) is 0 Å². The fourth-order valence-corrected chi connectivity index (χ4v) is 3.93. The van der Waals surface area contributed by atoms with Crippen LogP contribution in [0.5, 0.6) is 0 Å². The number of halogens is 1. The quantitative estimate of drug-likeness (QED) is 0.901. The first-order valence-electron chi connectivity index (χ1n) is 7.63. The number of ketones is 1. The number of nitrogens with zero attached hydrogens (tertiary/aromatic N) is 1. The van der Waals surface area contributed by atoms with Crippen LogP contribution in [0.15, 0.2) is 53.9 Å². The molecule has 2 heterocycles. The lowest BCUT2D eigenvalue weighted by atomic mass is 9.91. The van der Waals surface area contributed by atoms with E-state index < -0.39 is 0 Å². The molecule has 1 unspecified atom stereocenters. The van der Waals surface area contributed by atoms with Crippen LogP contribution in [0.1, 0.15) is 30.3 Å². The smallest absolute Gasteiger partial charge is 0.164 e. The molecular formula is C18H15FN2OS. The Hall–Kier alpha value is -2.27. The van der Waals surface area contributed by atoms with Gasteiger partial charge >= 0.3 is 0 Å². The van der Waals surface area contributed by atoms with Crippen LogP contribution in [-0.4, -0.2) is 10.8 Å². The lowest BCUT2D eigenvalue weighted by Crippen LogP contribution is -2.27. The van der Waals surface area contributed by atoms with Crippen LogP contribution in [0.2, 0.25) is 0 Å². The van der Waals surface area contributed by atoms with Crippen LogP contribution in [0.25, 0.3) is 10.4 Å². The number of benzene rings is 1. The average molecular weight is 326 g/mol. The van der Waals surface area contributed by atoms with Crippen molar-refractivity contribution < 1.29 is 9.18 Å². The molecule has 2 aliphatic rings. The van der Waals surface area contributed by atoms with Crippen molar-refractivity contribution in [1.29, 1.82) is 0 Å². The average Bonchev–Trinajstić information content (AvgIpc) is 3.05. The number of carbonyl (C=O) groups excluding carboxylic acids is 1. The van der Waals surface area contributed by atoms with Crippen molar-refractivity contribution >= 4 is 17.1 Å². The Morgan fingerprint density at radius 2 is 2.22 bits per heavy atom. The van der Waals surface area contributed by atoms with Crippen molar-refractivity contribution in [2.45, 2.75) is 25.3 Å². The lowest BCUT2D eigenvalue weighted by Gasteiger charge is -2.26. The standard InChI is InChI=1S/C18H15FN2OS/c19-12-4-1-3-11(9-12)17-10-20-18(23-17)15-8-7-13-14(21-15)5-2-6-16(13)22/h1,3-4,7-10,15,21H,2,5-6H2. The third-order valence-electron chi connectivity index (χ3n) is 4.14. The summed E-state index contributed by atoms with van der Waals surface area (Å²) in [6.45, 7) is 0. The highest BCUT2D eigenvalue weighted by Crippen LogP contribution is 2.34. The molecule has 1 aliphatic heterocycles. The summed E-state index contributed by atoms with van der Waals surface area (Å²) in [7, 11) is 0. The minimum atomic E-state index is -0.247. The molecule has 1 N–H and O–H groups in total. The van der Waals surface area contributed by atoms with Gasteiger partial charge in [0.05, 0.1) is 10.9 Å². The van der Waals surface area contributed by atoms with Crippen LogP contribution < -0.4 is 5.32 Å². The maximum absolute atomic E-state index is 13.4. The number of hydrogen-bond acceptors (Lipinski definition) is 4. The minimum absolute atomic E-state index is 0.0213. The van der Waals surface area contributed by atoms with Crippen LogP contribution in [0.4, 0.5) is 4.39 Å². The largest absolute Gasteiger partial charge is 0.375 e. The predicted molar refractivity (Wildman–Crippen MR) is 88.4 cm³/mol. The van der Waals surface area contributed by atoms with Gasteiger partial charge in [0.2, 0.25) is 0 Å². The Morgan fingerprint density at radius 1 is 1.30 bits per heavy atom. The summed E-state index contributed by atoms with van der Waals surface area (Å²) in [4.78, 5) is 17.3. The van der Waals surface area contributed by atoms with Crippen molar-refractivity contribution in [3.05, 3.63) is 64.7 Å². The monoisotopic (exact) mass is 326 g/mol. The molecule has 1 aromatic heterocycles. The van der Waals surface area contributed by atoms with E-state index >= 15 is 0 Å². The van der Waals surface area contributed by atoms with Gasteiger partial charge in [0.25, 0.3) is 0 Å². The van der Waals surface area contributed by atoms with E-state index in [1.807, 2.05) is 18.2 Å². The molecule has 1 atom stereocenters. The normalized spacial score (nSPS) is 20.4.